The molecule has 2 aliphatic rings. The molecule has 13 nitrogen and oxygen atoms in total. The summed E-state index contributed by atoms with van der Waals surface area (Å²) in [4.78, 5) is 67.4. The fourth-order valence-electron chi connectivity index (χ4n) is 7.63. The molecule has 1 saturated carbocycles. The number of thiazole rings is 1. The van der Waals surface area contributed by atoms with E-state index in [-0.39, 0.29) is 25.0 Å². The summed E-state index contributed by atoms with van der Waals surface area (Å²) in [6.45, 7) is 22.7. The maximum Gasteiger partial charge on any atom is 0.408 e. The molecule has 2 aromatic heterocycles. The van der Waals surface area contributed by atoms with Gasteiger partial charge in [-0.05, 0) is 78.4 Å². The van der Waals surface area contributed by atoms with Crippen LogP contribution in [0.15, 0.2) is 48.9 Å². The number of amides is 3. The third-order valence-corrected chi connectivity index (χ3v) is 11.9. The van der Waals surface area contributed by atoms with Gasteiger partial charge in [-0.15, -0.1) is 24.5 Å². The largest absolute Gasteiger partial charge is 0.496 e. The zero-order valence-electron chi connectivity index (χ0n) is 36.0. The summed E-state index contributed by atoms with van der Waals surface area (Å²) in [6, 6.07) is 3.53. The number of nitrogens with zero attached hydrogens (tertiary/aromatic N) is 3. The summed E-state index contributed by atoms with van der Waals surface area (Å²) in [5.74, 6) is -1.05. The van der Waals surface area contributed by atoms with Crippen LogP contribution >= 0.6 is 11.3 Å². The molecule has 2 N–H and O–H groups in total. The van der Waals surface area contributed by atoms with Gasteiger partial charge in [0.1, 0.15) is 51.5 Å². The molecular formula is C45H61N5O8S. The Labute approximate surface area is 352 Å². The monoisotopic (exact) mass is 831 g/mol. The number of carbonyl (C=O) groups excluding carboxylic acids is 4. The van der Waals surface area contributed by atoms with Gasteiger partial charge in [-0.25, -0.2) is 19.6 Å². The minimum atomic E-state index is -1.29. The van der Waals surface area contributed by atoms with E-state index in [0.717, 1.165) is 40.9 Å². The van der Waals surface area contributed by atoms with Gasteiger partial charge in [-0.3, -0.25) is 9.59 Å². The molecule has 3 aromatic rings. The van der Waals surface area contributed by atoms with Crippen molar-refractivity contribution in [1.82, 2.24) is 25.5 Å². The average molecular weight is 832 g/mol. The van der Waals surface area contributed by atoms with Crippen molar-refractivity contribution in [3.63, 3.8) is 0 Å². The molecule has 1 aliphatic heterocycles. The first-order chi connectivity index (χ1) is 28.0. The Hall–Kier alpha value is -4.98. The highest BCUT2D eigenvalue weighted by atomic mass is 32.1. The SMILES string of the molecule is C=CCCCCC[C@H](NC(=O)OC(C)(C)C)C(=O)N1C[C@H](Oc2cc(-c3nc(C(C)C)cs3)nc3c(C)c(OC)ccc23)[C@@H](C)[C@H]1C(=O)N[C@]1(C(=O)OCC)C[C@H]1C=C. The second kappa shape index (κ2) is 18.9. The molecule has 1 aliphatic carbocycles. The van der Waals surface area contributed by atoms with Crippen LogP contribution in [0.3, 0.4) is 0 Å². The zero-order valence-corrected chi connectivity index (χ0v) is 36.8. The van der Waals surface area contributed by atoms with Crippen LogP contribution in [0.4, 0.5) is 4.79 Å². The third-order valence-electron chi connectivity index (χ3n) is 11.0. The summed E-state index contributed by atoms with van der Waals surface area (Å²) in [5, 5.41) is 9.26. The first-order valence-corrected chi connectivity index (χ1v) is 21.5. The Morgan fingerprint density at radius 2 is 1.85 bits per heavy atom. The number of nitrogens with one attached hydrogen (secondary N) is 2. The highest BCUT2D eigenvalue weighted by molar-refractivity contribution is 7.13. The standard InChI is InChI=1S/C45H61N5O8S/c1-12-15-16-17-18-19-31(48-43(54)58-44(8,9)10)41(52)50-24-36(28(7)38(50)39(51)49-45(23-29(45)13-2)42(53)56-14-3)57-35-22-32(40-47-33(25-59-40)26(4)5)46-37-27(6)34(55-11)21-20-30(35)37/h12-13,20-22,25-26,28-29,31,36,38H,1-2,14-19,23-24H2,3-11H3,(H,48,54)(H,49,51)/t28-,29-,31+,36+,38+,45-/m1/s1. The maximum absolute atomic E-state index is 14.9. The van der Waals surface area contributed by atoms with Crippen molar-refractivity contribution < 1.29 is 38.1 Å². The molecule has 5 rings (SSSR count). The maximum atomic E-state index is 14.9. The molecule has 1 aromatic carbocycles. The molecule has 0 radical (unpaired) electrons. The van der Waals surface area contributed by atoms with Crippen molar-refractivity contribution >= 4 is 46.1 Å². The number of unbranched alkanes of at least 4 members (excludes halogenated alkanes) is 3. The van der Waals surface area contributed by atoms with Gasteiger partial charge >= 0.3 is 12.1 Å². The number of aryl methyl sites for hydroxylation is 1. The molecular weight excluding hydrogens is 771 g/mol. The molecule has 0 unspecified atom stereocenters. The predicted molar refractivity (Wildman–Crippen MR) is 230 cm³/mol. The molecule has 3 heterocycles. The molecule has 6 atom stereocenters. The van der Waals surface area contributed by atoms with Gasteiger partial charge in [0.25, 0.3) is 0 Å². The topological polar surface area (TPSA) is 158 Å². The minimum Gasteiger partial charge on any atom is -0.496 e. The van der Waals surface area contributed by atoms with E-state index in [2.05, 4.69) is 37.6 Å². The van der Waals surface area contributed by atoms with Crippen molar-refractivity contribution in [2.75, 3.05) is 20.3 Å². The van der Waals surface area contributed by atoms with Crippen LogP contribution in [0.5, 0.6) is 11.5 Å². The molecule has 14 heteroatoms. The highest BCUT2D eigenvalue weighted by Gasteiger charge is 2.62. The summed E-state index contributed by atoms with van der Waals surface area (Å²) >= 11 is 1.50. The average Bonchev–Trinajstić information content (AvgIpc) is 3.48. The van der Waals surface area contributed by atoms with E-state index in [4.69, 9.17) is 28.9 Å². The fourth-order valence-corrected chi connectivity index (χ4v) is 8.57. The number of rotatable bonds is 18. The summed E-state index contributed by atoms with van der Waals surface area (Å²) in [5.41, 5.74) is 0.964. The normalized spacial score (nSPS) is 21.8. The number of hydrogen-bond donors (Lipinski definition) is 2. The molecule has 1 saturated heterocycles. The minimum absolute atomic E-state index is 0.0153. The van der Waals surface area contributed by atoms with Gasteiger partial charge < -0.3 is 34.5 Å². The lowest BCUT2D eigenvalue weighted by molar-refractivity contribution is -0.150. The lowest BCUT2D eigenvalue weighted by atomic mass is 9.98. The number of fused-ring (bicyclic) bond motifs is 1. The van der Waals surface area contributed by atoms with Gasteiger partial charge in [-0.2, -0.15) is 0 Å². The number of likely N-dealkylation sites (tertiary alicyclic amines) is 1. The molecule has 59 heavy (non-hydrogen) atoms. The zero-order chi connectivity index (χ0) is 43.2. The van der Waals surface area contributed by atoms with E-state index in [0.29, 0.717) is 42.0 Å². The van der Waals surface area contributed by atoms with Crippen LogP contribution in [0.25, 0.3) is 21.6 Å². The van der Waals surface area contributed by atoms with Gasteiger partial charge in [-0.1, -0.05) is 45.8 Å². The Bertz CT molecular complexity index is 2040. The second-order valence-corrected chi connectivity index (χ2v) is 17.7. The number of alkyl carbamates (subject to hydrolysis) is 1. The number of methoxy groups -OCH3 is 1. The number of ether oxygens (including phenoxy) is 4. The number of allylic oxidation sites excluding steroid dienone is 1. The summed E-state index contributed by atoms with van der Waals surface area (Å²) in [6.07, 6.45) is 5.85. The lowest BCUT2D eigenvalue weighted by Crippen LogP contribution is -2.57. The van der Waals surface area contributed by atoms with Crippen molar-refractivity contribution in [3.05, 3.63) is 60.1 Å². The van der Waals surface area contributed by atoms with Crippen molar-refractivity contribution in [2.45, 2.75) is 129 Å². The van der Waals surface area contributed by atoms with Crippen molar-refractivity contribution in [2.24, 2.45) is 11.8 Å². The van der Waals surface area contributed by atoms with Gasteiger partial charge in [0.05, 0.1) is 31.5 Å². The number of aromatic nitrogens is 2. The third kappa shape index (κ3) is 10.3. The van der Waals surface area contributed by atoms with E-state index in [1.165, 1.54) is 16.2 Å². The van der Waals surface area contributed by atoms with E-state index < -0.39 is 59.1 Å². The van der Waals surface area contributed by atoms with Crippen LogP contribution < -0.4 is 20.1 Å². The molecule has 320 valence electrons. The van der Waals surface area contributed by atoms with Crippen LogP contribution in [0.2, 0.25) is 0 Å². The smallest absolute Gasteiger partial charge is 0.408 e. The Kier molecular flexibility index (Phi) is 14.5. The number of hydrogen-bond acceptors (Lipinski definition) is 11. The summed E-state index contributed by atoms with van der Waals surface area (Å²) in [7, 11) is 1.61. The number of carbonyl (C=O) groups is 4. The van der Waals surface area contributed by atoms with Crippen molar-refractivity contribution in [1.29, 1.82) is 0 Å². The van der Waals surface area contributed by atoms with Crippen LogP contribution in [0, 0.1) is 18.8 Å². The Morgan fingerprint density at radius 3 is 2.46 bits per heavy atom. The van der Waals surface area contributed by atoms with Crippen LogP contribution in [0.1, 0.15) is 104 Å². The second-order valence-electron chi connectivity index (χ2n) is 16.8. The van der Waals surface area contributed by atoms with Gasteiger partial charge in [0.2, 0.25) is 11.8 Å². The first-order valence-electron chi connectivity index (χ1n) is 20.6. The lowest BCUT2D eigenvalue weighted by Gasteiger charge is -2.31. The number of pyridine rings is 1. The first kappa shape index (κ1) is 45.1. The molecule has 2 fully saturated rings. The van der Waals surface area contributed by atoms with Crippen LogP contribution in [-0.4, -0.2) is 88.3 Å². The van der Waals surface area contributed by atoms with E-state index in [1.54, 1.807) is 40.9 Å². The van der Waals surface area contributed by atoms with Crippen molar-refractivity contribution in [3.8, 4) is 22.2 Å². The predicted octanol–water partition coefficient (Wildman–Crippen LogP) is 8.05. The highest BCUT2D eigenvalue weighted by Crippen LogP contribution is 2.46. The molecule has 0 spiro atoms. The molecule has 0 bridgehead atoms. The van der Waals surface area contributed by atoms with E-state index >= 15 is 0 Å². The molecule has 3 amide bonds. The number of esters is 1. The summed E-state index contributed by atoms with van der Waals surface area (Å²) < 4.78 is 23.6. The Balaban J connectivity index is 1.56. The fraction of sp³-hybridized carbons (Fsp3) is 0.556. The number of benzene rings is 1. The van der Waals surface area contributed by atoms with E-state index in [9.17, 15) is 19.2 Å². The Morgan fingerprint density at radius 1 is 1.10 bits per heavy atom. The van der Waals surface area contributed by atoms with E-state index in [1.807, 2.05) is 43.5 Å². The quantitative estimate of drug-likeness (QED) is 0.0730. The van der Waals surface area contributed by atoms with Crippen LogP contribution in [-0.2, 0) is 23.9 Å². The van der Waals surface area contributed by atoms with Gasteiger partial charge in [0.15, 0.2) is 0 Å². The van der Waals surface area contributed by atoms with Gasteiger partial charge in [0, 0.05) is 34.2 Å².